The quantitative estimate of drug-likeness (QED) is 0.275. The van der Waals surface area contributed by atoms with Gasteiger partial charge in [0.15, 0.2) is 0 Å². The Kier molecular flexibility index (Phi) is 5.34. The maximum Gasteiger partial charge on any atom is 0.254 e. The number of methoxy groups -OCH3 is 1. The number of likely N-dealkylation sites (tertiary alicyclic amines) is 1. The maximum absolute atomic E-state index is 13.6. The molecule has 1 amide bonds. The van der Waals surface area contributed by atoms with Crippen LogP contribution in [-0.4, -0.2) is 40.8 Å². The average molecular weight is 518 g/mol. The first-order valence-electron chi connectivity index (χ1n) is 13.2. The topological polar surface area (TPSA) is 47.4 Å². The summed E-state index contributed by atoms with van der Waals surface area (Å²) in [6.07, 6.45) is 1.88. The van der Waals surface area contributed by atoms with Crippen molar-refractivity contribution in [2.24, 2.45) is 5.92 Å². The fourth-order valence-corrected chi connectivity index (χ4v) is 6.82. The zero-order chi connectivity index (χ0) is 26.7. The summed E-state index contributed by atoms with van der Waals surface area (Å²) in [7, 11) is 1.62. The molecule has 6 heteroatoms. The Labute approximate surface area is 226 Å². The minimum absolute atomic E-state index is 0.0372. The molecule has 1 aliphatic heterocycles. The molecule has 1 saturated carbocycles. The van der Waals surface area contributed by atoms with E-state index in [0.717, 1.165) is 16.6 Å². The largest absolute Gasteiger partial charge is 0.497 e. The van der Waals surface area contributed by atoms with E-state index in [2.05, 4.69) is 48.4 Å². The molecule has 5 aromatic rings. The molecule has 0 spiro atoms. The van der Waals surface area contributed by atoms with Gasteiger partial charge in [0.2, 0.25) is 0 Å². The lowest BCUT2D eigenvalue weighted by Gasteiger charge is -2.26. The molecule has 1 aromatic heterocycles. The molecule has 0 N–H and O–H groups in total. The number of rotatable bonds is 5. The van der Waals surface area contributed by atoms with Gasteiger partial charge in [-0.25, -0.2) is 9.07 Å². The molecule has 5 nitrogen and oxygen atoms in total. The summed E-state index contributed by atoms with van der Waals surface area (Å²) in [4.78, 5) is 15.6. The van der Waals surface area contributed by atoms with E-state index < -0.39 is 0 Å². The van der Waals surface area contributed by atoms with Gasteiger partial charge in [-0.15, -0.1) is 0 Å². The molecule has 2 aliphatic rings. The molecular weight excluding hydrogens is 489 g/mol. The first-order valence-corrected chi connectivity index (χ1v) is 13.2. The highest BCUT2D eigenvalue weighted by molar-refractivity contribution is 5.95. The number of nitrogens with zero attached hydrogens (tertiary/aromatic N) is 3. The summed E-state index contributed by atoms with van der Waals surface area (Å²) in [5, 5.41) is 5.67. The lowest BCUT2D eigenvalue weighted by molar-refractivity contribution is 0.0768. The van der Waals surface area contributed by atoms with Crippen molar-refractivity contribution in [3.63, 3.8) is 0 Å². The minimum Gasteiger partial charge on any atom is -0.497 e. The standard InChI is InChI=1S/C33H28FN3O2/c1-21-15-30-24(18-35-37(30)26-13-11-25(34)12-14-26)17-28(21)33-20-36(32(38)23-9-6-10-27(16-23)39-2)19-29(33)31(33)22-7-4-3-5-8-22/h3-18,29,31H,19-20H2,1-2H3/t29-,31-,33+/m1/s1. The Morgan fingerprint density at radius 2 is 1.79 bits per heavy atom. The molecule has 4 aromatic carbocycles. The van der Waals surface area contributed by atoms with Gasteiger partial charge in [0, 0.05) is 35.4 Å². The van der Waals surface area contributed by atoms with Crippen LogP contribution in [0.15, 0.2) is 97.2 Å². The summed E-state index contributed by atoms with van der Waals surface area (Å²) in [5.74, 6) is 1.12. The zero-order valence-electron chi connectivity index (χ0n) is 21.8. The van der Waals surface area contributed by atoms with Gasteiger partial charge in [-0.3, -0.25) is 4.79 Å². The van der Waals surface area contributed by atoms with Gasteiger partial charge in [-0.1, -0.05) is 36.4 Å². The molecule has 3 atom stereocenters. The molecule has 0 unspecified atom stereocenters. The van der Waals surface area contributed by atoms with E-state index >= 15 is 0 Å². The van der Waals surface area contributed by atoms with Crippen LogP contribution in [0, 0.1) is 18.7 Å². The van der Waals surface area contributed by atoms with Crippen molar-refractivity contribution < 1.29 is 13.9 Å². The predicted molar refractivity (Wildman–Crippen MR) is 149 cm³/mol. The summed E-state index contributed by atoms with van der Waals surface area (Å²) in [6, 6.07) is 28.9. The second-order valence-electron chi connectivity index (χ2n) is 10.7. The van der Waals surface area contributed by atoms with Gasteiger partial charge in [0.05, 0.1) is 24.5 Å². The fraction of sp³-hybridized carbons (Fsp3) is 0.212. The van der Waals surface area contributed by atoms with E-state index in [1.807, 2.05) is 46.1 Å². The first kappa shape index (κ1) is 23.7. The average Bonchev–Trinajstić information content (AvgIpc) is 3.23. The van der Waals surface area contributed by atoms with Crippen molar-refractivity contribution in [3.05, 3.63) is 125 Å². The van der Waals surface area contributed by atoms with Crippen LogP contribution < -0.4 is 4.74 Å². The number of hydrogen-bond acceptors (Lipinski definition) is 3. The highest BCUT2D eigenvalue weighted by Gasteiger charge is 2.70. The Bertz CT molecular complexity index is 1710. The Balaban J connectivity index is 1.29. The third-order valence-electron chi connectivity index (χ3n) is 8.63. The molecule has 1 saturated heterocycles. The number of hydrogen-bond donors (Lipinski definition) is 0. The number of piperidine rings is 1. The number of halogens is 1. The number of amides is 1. The normalized spacial score (nSPS) is 21.7. The van der Waals surface area contributed by atoms with Crippen LogP contribution in [-0.2, 0) is 5.41 Å². The predicted octanol–water partition coefficient (Wildman–Crippen LogP) is 6.29. The Hall–Kier alpha value is -4.45. The molecule has 194 valence electrons. The van der Waals surface area contributed by atoms with Gasteiger partial charge in [0.25, 0.3) is 5.91 Å². The molecule has 0 bridgehead atoms. The van der Waals surface area contributed by atoms with Gasteiger partial charge >= 0.3 is 0 Å². The second kappa shape index (κ2) is 8.80. The third-order valence-corrected chi connectivity index (χ3v) is 8.63. The van der Waals surface area contributed by atoms with Crippen molar-refractivity contribution in [1.82, 2.24) is 14.7 Å². The first-order chi connectivity index (χ1) is 19.0. The van der Waals surface area contributed by atoms with E-state index in [1.54, 1.807) is 19.2 Å². The van der Waals surface area contributed by atoms with Crippen molar-refractivity contribution >= 4 is 16.8 Å². The molecular formula is C33H28FN3O2. The van der Waals surface area contributed by atoms with Crippen LogP contribution in [0.1, 0.15) is 33.0 Å². The number of carbonyl (C=O) groups excluding carboxylic acids is 1. The molecule has 2 heterocycles. The smallest absolute Gasteiger partial charge is 0.254 e. The van der Waals surface area contributed by atoms with E-state index in [9.17, 15) is 9.18 Å². The van der Waals surface area contributed by atoms with Gasteiger partial charge in [0.1, 0.15) is 11.6 Å². The number of fused-ring (bicyclic) bond motifs is 2. The summed E-state index contributed by atoms with van der Waals surface area (Å²) in [6.45, 7) is 3.52. The van der Waals surface area contributed by atoms with E-state index in [0.29, 0.717) is 36.2 Å². The van der Waals surface area contributed by atoms with Crippen molar-refractivity contribution in [2.45, 2.75) is 18.3 Å². The molecule has 39 heavy (non-hydrogen) atoms. The van der Waals surface area contributed by atoms with Gasteiger partial charge < -0.3 is 9.64 Å². The number of aromatic nitrogens is 2. The van der Waals surface area contributed by atoms with Crippen LogP contribution in [0.5, 0.6) is 5.75 Å². The number of ether oxygens (including phenoxy) is 1. The van der Waals surface area contributed by atoms with Crippen LogP contribution in [0.25, 0.3) is 16.6 Å². The van der Waals surface area contributed by atoms with Crippen LogP contribution in [0.4, 0.5) is 4.39 Å². The van der Waals surface area contributed by atoms with Crippen LogP contribution >= 0.6 is 0 Å². The lowest BCUT2D eigenvalue weighted by Crippen LogP contribution is -2.34. The van der Waals surface area contributed by atoms with Gasteiger partial charge in [-0.2, -0.15) is 5.10 Å². The second-order valence-corrected chi connectivity index (χ2v) is 10.7. The van der Waals surface area contributed by atoms with Crippen LogP contribution in [0.2, 0.25) is 0 Å². The highest BCUT2D eigenvalue weighted by Crippen LogP contribution is 2.70. The number of carbonyl (C=O) groups is 1. The van der Waals surface area contributed by atoms with Crippen molar-refractivity contribution in [1.29, 1.82) is 0 Å². The van der Waals surface area contributed by atoms with E-state index in [-0.39, 0.29) is 17.1 Å². The third kappa shape index (κ3) is 3.66. The zero-order valence-corrected chi connectivity index (χ0v) is 21.8. The molecule has 1 aliphatic carbocycles. The molecule has 0 radical (unpaired) electrons. The van der Waals surface area contributed by atoms with Gasteiger partial charge in [-0.05, 0) is 84.1 Å². The van der Waals surface area contributed by atoms with E-state index in [4.69, 9.17) is 4.74 Å². The van der Waals surface area contributed by atoms with Crippen LogP contribution in [0.3, 0.4) is 0 Å². The summed E-state index contributed by atoms with van der Waals surface area (Å²) >= 11 is 0. The molecule has 2 fully saturated rings. The van der Waals surface area contributed by atoms with Crippen molar-refractivity contribution in [2.75, 3.05) is 20.2 Å². The number of aryl methyl sites for hydroxylation is 1. The summed E-state index contributed by atoms with van der Waals surface area (Å²) < 4.78 is 20.7. The van der Waals surface area contributed by atoms with E-state index in [1.165, 1.54) is 28.8 Å². The Morgan fingerprint density at radius 1 is 1.00 bits per heavy atom. The minimum atomic E-state index is -0.270. The highest BCUT2D eigenvalue weighted by atomic mass is 19.1. The summed E-state index contributed by atoms with van der Waals surface area (Å²) in [5.41, 5.74) is 6.05. The molecule has 7 rings (SSSR count). The number of benzene rings is 4. The Morgan fingerprint density at radius 3 is 2.56 bits per heavy atom. The lowest BCUT2D eigenvalue weighted by atomic mass is 9.86. The fourth-order valence-electron chi connectivity index (χ4n) is 6.82. The monoisotopic (exact) mass is 517 g/mol. The van der Waals surface area contributed by atoms with Crippen molar-refractivity contribution in [3.8, 4) is 11.4 Å². The SMILES string of the molecule is COc1cccc(C(=O)N2C[C@@H]3[C@@H](c4ccccc4)[C@]3(c3cc4cnn(-c5ccc(F)cc5)c4cc3C)C2)c1. The maximum atomic E-state index is 13.6.